The maximum atomic E-state index is 9.29. The third-order valence-electron chi connectivity index (χ3n) is 2.83. The largest absolute Gasteiger partial charge is 0.393 e. The van der Waals surface area contributed by atoms with Crippen molar-refractivity contribution in [1.29, 1.82) is 0 Å². The summed E-state index contributed by atoms with van der Waals surface area (Å²) in [5, 5.41) is 9.29. The van der Waals surface area contributed by atoms with Crippen LogP contribution in [0.5, 0.6) is 0 Å². The standard InChI is InChI=1S/C12H22O/c1-2-3-4-5-6-11-7-9-12(13)10-8-11/h7,12-13H,2-6,8-10H2,1H3. The molecule has 1 unspecified atom stereocenters. The van der Waals surface area contributed by atoms with Gasteiger partial charge < -0.3 is 5.11 Å². The van der Waals surface area contributed by atoms with Gasteiger partial charge in [0.25, 0.3) is 0 Å². The van der Waals surface area contributed by atoms with Gasteiger partial charge in [0.2, 0.25) is 0 Å². The van der Waals surface area contributed by atoms with Crippen LogP contribution in [0.25, 0.3) is 0 Å². The van der Waals surface area contributed by atoms with E-state index in [0.29, 0.717) is 0 Å². The molecule has 0 bridgehead atoms. The van der Waals surface area contributed by atoms with E-state index in [4.69, 9.17) is 0 Å². The zero-order valence-electron chi connectivity index (χ0n) is 8.76. The molecule has 0 aromatic carbocycles. The van der Waals surface area contributed by atoms with Crippen molar-refractivity contribution in [2.24, 2.45) is 0 Å². The minimum Gasteiger partial charge on any atom is -0.393 e. The van der Waals surface area contributed by atoms with Gasteiger partial charge in [0, 0.05) is 0 Å². The van der Waals surface area contributed by atoms with Crippen molar-refractivity contribution < 1.29 is 5.11 Å². The predicted molar refractivity (Wildman–Crippen MR) is 56.7 cm³/mol. The number of unbranched alkanes of at least 4 members (excludes halogenated alkanes) is 3. The van der Waals surface area contributed by atoms with Gasteiger partial charge in [-0.1, -0.05) is 37.8 Å². The first-order valence-electron chi connectivity index (χ1n) is 5.69. The quantitative estimate of drug-likeness (QED) is 0.510. The molecule has 1 atom stereocenters. The Bertz CT molecular complexity index is 161. The highest BCUT2D eigenvalue weighted by atomic mass is 16.3. The van der Waals surface area contributed by atoms with Crippen LogP contribution in [0.1, 0.15) is 58.3 Å². The van der Waals surface area contributed by atoms with Crippen LogP contribution in [-0.2, 0) is 0 Å². The highest BCUT2D eigenvalue weighted by Gasteiger charge is 2.10. The third-order valence-corrected chi connectivity index (χ3v) is 2.83. The topological polar surface area (TPSA) is 20.2 Å². The van der Waals surface area contributed by atoms with Crippen molar-refractivity contribution in [3.63, 3.8) is 0 Å². The molecule has 1 N–H and O–H groups in total. The average Bonchev–Trinajstić information content (AvgIpc) is 2.15. The monoisotopic (exact) mass is 182 g/mol. The van der Waals surface area contributed by atoms with Crippen molar-refractivity contribution in [2.45, 2.75) is 64.4 Å². The fraction of sp³-hybridized carbons (Fsp3) is 0.833. The van der Waals surface area contributed by atoms with Crippen LogP contribution in [-0.4, -0.2) is 11.2 Å². The van der Waals surface area contributed by atoms with Crippen LogP contribution >= 0.6 is 0 Å². The maximum Gasteiger partial charge on any atom is 0.0577 e. The van der Waals surface area contributed by atoms with Crippen LogP contribution < -0.4 is 0 Å². The summed E-state index contributed by atoms with van der Waals surface area (Å²) in [6.45, 7) is 2.25. The maximum absolute atomic E-state index is 9.29. The molecule has 1 nitrogen and oxygen atoms in total. The Morgan fingerprint density at radius 3 is 2.85 bits per heavy atom. The van der Waals surface area contributed by atoms with Gasteiger partial charge in [0.05, 0.1) is 6.10 Å². The summed E-state index contributed by atoms with van der Waals surface area (Å²) in [7, 11) is 0. The van der Waals surface area contributed by atoms with E-state index in [0.717, 1.165) is 19.3 Å². The molecule has 0 fully saturated rings. The number of aliphatic hydroxyl groups excluding tert-OH is 1. The minimum atomic E-state index is -0.0561. The number of aliphatic hydroxyl groups is 1. The molecule has 0 saturated carbocycles. The lowest BCUT2D eigenvalue weighted by Crippen LogP contribution is -2.10. The van der Waals surface area contributed by atoms with E-state index >= 15 is 0 Å². The molecule has 13 heavy (non-hydrogen) atoms. The first-order chi connectivity index (χ1) is 6.33. The lowest BCUT2D eigenvalue weighted by atomic mass is 9.93. The average molecular weight is 182 g/mol. The first-order valence-corrected chi connectivity index (χ1v) is 5.69. The zero-order chi connectivity index (χ0) is 9.52. The number of rotatable bonds is 5. The number of hydrogen-bond donors (Lipinski definition) is 1. The van der Waals surface area contributed by atoms with Crippen molar-refractivity contribution >= 4 is 0 Å². The van der Waals surface area contributed by atoms with Crippen LogP contribution in [0.15, 0.2) is 11.6 Å². The molecule has 0 amide bonds. The Morgan fingerprint density at radius 2 is 2.23 bits per heavy atom. The van der Waals surface area contributed by atoms with Crippen molar-refractivity contribution in [3.8, 4) is 0 Å². The molecule has 0 aromatic heterocycles. The van der Waals surface area contributed by atoms with Crippen LogP contribution in [0.4, 0.5) is 0 Å². The molecule has 0 aliphatic heterocycles. The normalized spacial score (nSPS) is 22.9. The second-order valence-electron chi connectivity index (χ2n) is 4.10. The second-order valence-corrected chi connectivity index (χ2v) is 4.10. The molecule has 0 aromatic rings. The third kappa shape index (κ3) is 4.47. The summed E-state index contributed by atoms with van der Waals surface area (Å²) in [6.07, 6.45) is 11.9. The van der Waals surface area contributed by atoms with Crippen LogP contribution in [0.2, 0.25) is 0 Å². The summed E-state index contributed by atoms with van der Waals surface area (Å²) in [5.74, 6) is 0. The Morgan fingerprint density at radius 1 is 1.38 bits per heavy atom. The molecule has 0 heterocycles. The smallest absolute Gasteiger partial charge is 0.0577 e. The van der Waals surface area contributed by atoms with Crippen molar-refractivity contribution in [3.05, 3.63) is 11.6 Å². The van der Waals surface area contributed by atoms with Gasteiger partial charge in [-0.25, -0.2) is 0 Å². The SMILES string of the molecule is CCCCCCC1=CCC(O)CC1. The van der Waals surface area contributed by atoms with Gasteiger partial charge >= 0.3 is 0 Å². The van der Waals surface area contributed by atoms with Gasteiger partial charge in [-0.15, -0.1) is 0 Å². The van der Waals surface area contributed by atoms with E-state index in [1.165, 1.54) is 32.1 Å². The van der Waals surface area contributed by atoms with Gasteiger partial charge in [-0.3, -0.25) is 0 Å². The van der Waals surface area contributed by atoms with Crippen molar-refractivity contribution in [1.82, 2.24) is 0 Å². The summed E-state index contributed by atoms with van der Waals surface area (Å²) in [5.41, 5.74) is 1.58. The Labute approximate surface area is 81.9 Å². The number of hydrogen-bond acceptors (Lipinski definition) is 1. The van der Waals surface area contributed by atoms with E-state index in [1.54, 1.807) is 5.57 Å². The molecule has 1 aliphatic carbocycles. The first kappa shape index (κ1) is 10.8. The Balaban J connectivity index is 2.08. The van der Waals surface area contributed by atoms with Crippen LogP contribution in [0.3, 0.4) is 0 Å². The molecular formula is C12H22O. The van der Waals surface area contributed by atoms with Gasteiger partial charge in [0.15, 0.2) is 0 Å². The molecule has 0 saturated heterocycles. The summed E-state index contributed by atoms with van der Waals surface area (Å²) >= 11 is 0. The fourth-order valence-corrected chi connectivity index (χ4v) is 1.88. The second kappa shape index (κ2) is 6.20. The van der Waals surface area contributed by atoms with Gasteiger partial charge in [-0.05, 0) is 32.1 Å². The van der Waals surface area contributed by atoms with Crippen molar-refractivity contribution in [2.75, 3.05) is 0 Å². The summed E-state index contributed by atoms with van der Waals surface area (Å²) in [6, 6.07) is 0. The van der Waals surface area contributed by atoms with Gasteiger partial charge in [-0.2, -0.15) is 0 Å². The molecule has 1 aliphatic rings. The van der Waals surface area contributed by atoms with E-state index in [9.17, 15) is 5.11 Å². The molecular weight excluding hydrogens is 160 g/mol. The Kier molecular flexibility index (Phi) is 5.14. The van der Waals surface area contributed by atoms with E-state index in [-0.39, 0.29) is 6.10 Å². The zero-order valence-corrected chi connectivity index (χ0v) is 8.76. The predicted octanol–water partition coefficient (Wildman–Crippen LogP) is 3.43. The molecule has 1 heteroatoms. The highest BCUT2D eigenvalue weighted by Crippen LogP contribution is 2.22. The van der Waals surface area contributed by atoms with Gasteiger partial charge in [0.1, 0.15) is 0 Å². The lowest BCUT2D eigenvalue weighted by molar-refractivity contribution is 0.162. The lowest BCUT2D eigenvalue weighted by Gasteiger charge is -2.17. The highest BCUT2D eigenvalue weighted by molar-refractivity contribution is 5.06. The molecule has 0 spiro atoms. The summed E-state index contributed by atoms with van der Waals surface area (Å²) in [4.78, 5) is 0. The molecule has 76 valence electrons. The van der Waals surface area contributed by atoms with E-state index < -0.39 is 0 Å². The molecule has 1 rings (SSSR count). The number of allylic oxidation sites excluding steroid dienone is 1. The minimum absolute atomic E-state index is 0.0561. The fourth-order valence-electron chi connectivity index (χ4n) is 1.88. The summed E-state index contributed by atoms with van der Waals surface area (Å²) < 4.78 is 0. The Hall–Kier alpha value is -0.300. The van der Waals surface area contributed by atoms with E-state index in [2.05, 4.69) is 13.0 Å². The van der Waals surface area contributed by atoms with E-state index in [1.807, 2.05) is 0 Å². The van der Waals surface area contributed by atoms with Crippen LogP contribution in [0, 0.1) is 0 Å². The molecule has 0 radical (unpaired) electrons.